The lowest BCUT2D eigenvalue weighted by Gasteiger charge is -2.16. The molecular formula is C12H10N2. The molecule has 0 aromatic heterocycles. The summed E-state index contributed by atoms with van der Waals surface area (Å²) in [4.78, 5) is 0. The van der Waals surface area contributed by atoms with E-state index < -0.39 is 0 Å². The Kier molecular flexibility index (Phi) is 1.47. The summed E-state index contributed by atoms with van der Waals surface area (Å²) in [6, 6.07) is 12.6. The number of nitrogens with one attached hydrogen (secondary N) is 2. The highest BCUT2D eigenvalue weighted by Crippen LogP contribution is 2.32. The van der Waals surface area contributed by atoms with E-state index >= 15 is 0 Å². The molecule has 3 rings (SSSR count). The molecule has 0 unspecified atom stereocenters. The highest BCUT2D eigenvalue weighted by molar-refractivity contribution is 6.01. The summed E-state index contributed by atoms with van der Waals surface area (Å²) in [5.41, 5.74) is 2.29. The second-order valence-corrected chi connectivity index (χ2v) is 3.33. The first-order chi connectivity index (χ1) is 6.95. The molecule has 2 aromatic carbocycles. The fraction of sp³-hybridized carbons (Fsp3) is 0. The van der Waals surface area contributed by atoms with Crippen molar-refractivity contribution < 1.29 is 0 Å². The van der Waals surface area contributed by atoms with Crippen molar-refractivity contribution in [2.45, 2.75) is 0 Å². The van der Waals surface area contributed by atoms with Gasteiger partial charge in [0.05, 0.1) is 11.4 Å². The van der Waals surface area contributed by atoms with Crippen molar-refractivity contribution in [1.82, 2.24) is 0 Å². The van der Waals surface area contributed by atoms with Crippen LogP contribution < -0.4 is 10.6 Å². The van der Waals surface area contributed by atoms with Crippen molar-refractivity contribution in [1.29, 1.82) is 0 Å². The van der Waals surface area contributed by atoms with Crippen LogP contribution in [0.4, 0.5) is 11.4 Å². The van der Waals surface area contributed by atoms with Gasteiger partial charge in [-0.2, -0.15) is 0 Å². The summed E-state index contributed by atoms with van der Waals surface area (Å²) in [5, 5.41) is 8.99. The van der Waals surface area contributed by atoms with Crippen LogP contribution in [0, 0.1) is 0 Å². The normalized spacial score (nSPS) is 13.1. The minimum atomic E-state index is 1.13. The van der Waals surface area contributed by atoms with Crippen molar-refractivity contribution in [3.8, 4) is 0 Å². The Hall–Kier alpha value is -1.96. The van der Waals surface area contributed by atoms with Crippen LogP contribution in [-0.4, -0.2) is 0 Å². The van der Waals surface area contributed by atoms with Gasteiger partial charge in [0.15, 0.2) is 0 Å². The Balaban J connectivity index is 2.37. The number of hydrogen-bond acceptors (Lipinski definition) is 2. The lowest BCUT2D eigenvalue weighted by Crippen LogP contribution is -2.02. The third kappa shape index (κ3) is 0.973. The number of hydrogen-bond donors (Lipinski definition) is 2. The van der Waals surface area contributed by atoms with E-state index in [9.17, 15) is 0 Å². The monoisotopic (exact) mass is 182 g/mol. The number of anilines is 2. The van der Waals surface area contributed by atoms with Crippen LogP contribution in [0.5, 0.6) is 0 Å². The zero-order chi connectivity index (χ0) is 9.38. The zero-order valence-corrected chi connectivity index (χ0v) is 7.62. The molecule has 0 spiro atoms. The maximum atomic E-state index is 3.26. The molecular weight excluding hydrogens is 172 g/mol. The topological polar surface area (TPSA) is 24.1 Å². The largest absolute Gasteiger partial charge is 0.359 e. The molecule has 0 fully saturated rings. The highest BCUT2D eigenvalue weighted by atomic mass is 15.0. The van der Waals surface area contributed by atoms with Crippen LogP contribution in [0.3, 0.4) is 0 Å². The molecule has 0 saturated carbocycles. The summed E-state index contributed by atoms with van der Waals surface area (Å²) in [7, 11) is 0. The van der Waals surface area contributed by atoms with Gasteiger partial charge in [-0.05, 0) is 11.5 Å². The van der Waals surface area contributed by atoms with Crippen molar-refractivity contribution in [2.75, 3.05) is 10.6 Å². The second kappa shape index (κ2) is 2.77. The lowest BCUT2D eigenvalue weighted by atomic mass is 10.1. The quantitative estimate of drug-likeness (QED) is 0.654. The molecule has 0 aliphatic carbocycles. The molecule has 2 aromatic rings. The minimum Gasteiger partial charge on any atom is -0.359 e. The number of benzene rings is 2. The summed E-state index contributed by atoms with van der Waals surface area (Å²) >= 11 is 0. The predicted octanol–water partition coefficient (Wildman–Crippen LogP) is 3.15. The average Bonchev–Trinajstić information content (AvgIpc) is 2.29. The van der Waals surface area contributed by atoms with Crippen molar-refractivity contribution in [3.05, 3.63) is 48.8 Å². The van der Waals surface area contributed by atoms with E-state index in [1.54, 1.807) is 0 Å². The standard InChI is InChI=1S/C12H10N2/c1-2-4-10-9(3-1)5-6-11-12(10)14-8-7-13-11/h1-8,13-14H. The molecule has 1 aliphatic rings. The molecule has 0 saturated heterocycles. The van der Waals surface area contributed by atoms with Gasteiger partial charge in [0.25, 0.3) is 0 Å². The van der Waals surface area contributed by atoms with E-state index in [1.807, 2.05) is 12.4 Å². The van der Waals surface area contributed by atoms with Crippen LogP contribution in [0.1, 0.15) is 0 Å². The van der Waals surface area contributed by atoms with E-state index in [0.29, 0.717) is 0 Å². The molecule has 1 aliphatic heterocycles. The van der Waals surface area contributed by atoms with Gasteiger partial charge in [-0.15, -0.1) is 0 Å². The Bertz CT molecular complexity index is 515. The molecule has 0 amide bonds. The van der Waals surface area contributed by atoms with Gasteiger partial charge in [0.1, 0.15) is 0 Å². The van der Waals surface area contributed by atoms with Crippen LogP contribution in [0.2, 0.25) is 0 Å². The minimum absolute atomic E-state index is 1.13. The summed E-state index contributed by atoms with van der Waals surface area (Å²) in [5.74, 6) is 0. The van der Waals surface area contributed by atoms with E-state index in [2.05, 4.69) is 47.0 Å². The molecule has 2 heteroatoms. The molecule has 0 radical (unpaired) electrons. The van der Waals surface area contributed by atoms with Crippen LogP contribution in [-0.2, 0) is 0 Å². The number of fused-ring (bicyclic) bond motifs is 3. The lowest BCUT2D eigenvalue weighted by molar-refractivity contribution is 1.49. The molecule has 68 valence electrons. The average molecular weight is 182 g/mol. The first kappa shape index (κ1) is 7.44. The van der Waals surface area contributed by atoms with Crippen LogP contribution >= 0.6 is 0 Å². The summed E-state index contributed by atoms with van der Waals surface area (Å²) in [6.45, 7) is 0. The molecule has 1 heterocycles. The van der Waals surface area contributed by atoms with Gasteiger partial charge < -0.3 is 10.6 Å². The SMILES string of the molecule is C1=CNc2c(ccc3ccccc23)N1. The molecule has 2 nitrogen and oxygen atoms in total. The van der Waals surface area contributed by atoms with Crippen LogP contribution in [0.25, 0.3) is 10.8 Å². The van der Waals surface area contributed by atoms with E-state index in [4.69, 9.17) is 0 Å². The van der Waals surface area contributed by atoms with Gasteiger partial charge in [-0.25, -0.2) is 0 Å². The van der Waals surface area contributed by atoms with Crippen molar-refractivity contribution in [3.63, 3.8) is 0 Å². The fourth-order valence-electron chi connectivity index (χ4n) is 1.80. The Labute approximate surface area is 82.2 Å². The summed E-state index contributed by atoms with van der Waals surface area (Å²) < 4.78 is 0. The Morgan fingerprint density at radius 2 is 1.64 bits per heavy atom. The first-order valence-electron chi connectivity index (χ1n) is 4.65. The molecule has 0 bridgehead atoms. The van der Waals surface area contributed by atoms with E-state index in [1.165, 1.54) is 10.8 Å². The zero-order valence-electron chi connectivity index (χ0n) is 7.62. The van der Waals surface area contributed by atoms with Crippen molar-refractivity contribution in [2.24, 2.45) is 0 Å². The van der Waals surface area contributed by atoms with Gasteiger partial charge >= 0.3 is 0 Å². The third-order valence-corrected chi connectivity index (χ3v) is 2.48. The summed E-state index contributed by atoms with van der Waals surface area (Å²) in [6.07, 6.45) is 3.81. The first-order valence-corrected chi connectivity index (χ1v) is 4.65. The van der Waals surface area contributed by atoms with E-state index in [-0.39, 0.29) is 0 Å². The Morgan fingerprint density at radius 1 is 0.786 bits per heavy atom. The van der Waals surface area contributed by atoms with Gasteiger partial charge in [-0.1, -0.05) is 30.3 Å². The highest BCUT2D eigenvalue weighted by Gasteiger charge is 2.06. The van der Waals surface area contributed by atoms with Crippen LogP contribution in [0.15, 0.2) is 48.8 Å². The van der Waals surface area contributed by atoms with Gasteiger partial charge in [0, 0.05) is 17.8 Å². The fourth-order valence-corrected chi connectivity index (χ4v) is 1.80. The van der Waals surface area contributed by atoms with E-state index in [0.717, 1.165) is 11.4 Å². The maximum absolute atomic E-state index is 3.26. The van der Waals surface area contributed by atoms with Gasteiger partial charge in [0.2, 0.25) is 0 Å². The Morgan fingerprint density at radius 3 is 2.64 bits per heavy atom. The maximum Gasteiger partial charge on any atom is 0.0698 e. The van der Waals surface area contributed by atoms with Crippen molar-refractivity contribution >= 4 is 22.1 Å². The smallest absolute Gasteiger partial charge is 0.0698 e. The molecule has 14 heavy (non-hydrogen) atoms. The van der Waals surface area contributed by atoms with Gasteiger partial charge in [-0.3, -0.25) is 0 Å². The third-order valence-electron chi connectivity index (χ3n) is 2.48. The molecule has 0 atom stereocenters. The second-order valence-electron chi connectivity index (χ2n) is 3.33. The molecule has 2 N–H and O–H groups in total. The number of rotatable bonds is 0. The predicted molar refractivity (Wildman–Crippen MR) is 60.3 cm³/mol.